The number of carbonyl (C=O) groups is 1. The number of nitrogens with zero attached hydrogens (tertiary/aromatic N) is 1. The standard InChI is InChI=1S/C17H19N3O2/c1-22-16-5-3-2-4-14(16)19-17(21)11-20-9-8-12-6-7-13(18)10-15(12)20/h2-7,10H,8-9,11,18H2,1H3,(H,19,21). The van der Waals surface area contributed by atoms with Gasteiger partial charge in [0.25, 0.3) is 0 Å². The Kier molecular flexibility index (Phi) is 3.87. The van der Waals surface area contributed by atoms with E-state index in [0.717, 1.165) is 24.3 Å². The third-order valence-corrected chi connectivity index (χ3v) is 3.82. The molecule has 0 aromatic heterocycles. The number of methoxy groups -OCH3 is 1. The first-order valence-corrected chi connectivity index (χ1v) is 7.23. The smallest absolute Gasteiger partial charge is 0.243 e. The first kappa shape index (κ1) is 14.3. The highest BCUT2D eigenvalue weighted by Crippen LogP contribution is 2.30. The highest BCUT2D eigenvalue weighted by molar-refractivity contribution is 5.95. The Morgan fingerprint density at radius 3 is 2.95 bits per heavy atom. The van der Waals surface area contributed by atoms with Crippen LogP contribution in [0.5, 0.6) is 5.75 Å². The van der Waals surface area contributed by atoms with E-state index in [1.54, 1.807) is 7.11 Å². The minimum absolute atomic E-state index is 0.0697. The van der Waals surface area contributed by atoms with Crippen LogP contribution in [0.25, 0.3) is 0 Å². The second kappa shape index (κ2) is 5.97. The van der Waals surface area contributed by atoms with Crippen LogP contribution in [0.2, 0.25) is 0 Å². The van der Waals surface area contributed by atoms with Crippen molar-refractivity contribution >= 4 is 23.0 Å². The van der Waals surface area contributed by atoms with Gasteiger partial charge in [0.1, 0.15) is 5.75 Å². The fourth-order valence-electron chi connectivity index (χ4n) is 2.74. The van der Waals surface area contributed by atoms with Crippen LogP contribution < -0.4 is 20.7 Å². The molecule has 0 bridgehead atoms. The molecule has 1 aliphatic rings. The molecular formula is C17H19N3O2. The lowest BCUT2D eigenvalue weighted by atomic mass is 10.1. The van der Waals surface area contributed by atoms with E-state index in [1.807, 2.05) is 42.5 Å². The number of nitrogens with one attached hydrogen (secondary N) is 1. The Morgan fingerprint density at radius 1 is 1.32 bits per heavy atom. The Labute approximate surface area is 129 Å². The number of ether oxygens (including phenoxy) is 1. The summed E-state index contributed by atoms with van der Waals surface area (Å²) in [5.41, 5.74) is 9.53. The zero-order valence-corrected chi connectivity index (χ0v) is 12.5. The molecule has 5 heteroatoms. The van der Waals surface area contributed by atoms with Gasteiger partial charge in [0.05, 0.1) is 19.3 Å². The van der Waals surface area contributed by atoms with E-state index in [1.165, 1.54) is 5.56 Å². The first-order chi connectivity index (χ1) is 10.7. The maximum Gasteiger partial charge on any atom is 0.243 e. The van der Waals surface area contributed by atoms with Gasteiger partial charge in [-0.1, -0.05) is 18.2 Å². The number of amides is 1. The fourth-order valence-corrected chi connectivity index (χ4v) is 2.74. The Morgan fingerprint density at radius 2 is 2.14 bits per heavy atom. The second-order valence-corrected chi connectivity index (χ2v) is 5.31. The number of hydrogen-bond acceptors (Lipinski definition) is 4. The Bertz CT molecular complexity index is 700. The second-order valence-electron chi connectivity index (χ2n) is 5.31. The van der Waals surface area contributed by atoms with Crippen molar-refractivity contribution in [1.29, 1.82) is 0 Å². The average Bonchev–Trinajstić information content (AvgIpc) is 2.90. The van der Waals surface area contributed by atoms with Crippen molar-refractivity contribution in [1.82, 2.24) is 0 Å². The van der Waals surface area contributed by atoms with Crippen molar-refractivity contribution in [3.05, 3.63) is 48.0 Å². The van der Waals surface area contributed by atoms with Crippen molar-refractivity contribution in [3.63, 3.8) is 0 Å². The van der Waals surface area contributed by atoms with Crippen LogP contribution in [0, 0.1) is 0 Å². The van der Waals surface area contributed by atoms with Gasteiger partial charge >= 0.3 is 0 Å². The van der Waals surface area contributed by atoms with Crippen molar-refractivity contribution in [2.75, 3.05) is 36.1 Å². The quantitative estimate of drug-likeness (QED) is 0.850. The lowest BCUT2D eigenvalue weighted by Crippen LogP contribution is -2.32. The molecule has 0 atom stereocenters. The third-order valence-electron chi connectivity index (χ3n) is 3.82. The molecule has 2 aromatic carbocycles. The van der Waals surface area contributed by atoms with Crippen molar-refractivity contribution in [3.8, 4) is 5.75 Å². The molecule has 1 heterocycles. The summed E-state index contributed by atoms with van der Waals surface area (Å²) >= 11 is 0. The third kappa shape index (κ3) is 2.83. The molecule has 0 saturated heterocycles. The summed E-state index contributed by atoms with van der Waals surface area (Å²) in [6, 6.07) is 13.2. The maximum absolute atomic E-state index is 12.3. The van der Waals surface area contributed by atoms with Crippen LogP contribution >= 0.6 is 0 Å². The molecule has 5 nitrogen and oxygen atoms in total. The summed E-state index contributed by atoms with van der Waals surface area (Å²) in [5.74, 6) is 0.585. The van der Waals surface area contributed by atoms with E-state index in [0.29, 0.717) is 18.0 Å². The van der Waals surface area contributed by atoms with Gasteiger partial charge < -0.3 is 20.7 Å². The van der Waals surface area contributed by atoms with E-state index in [2.05, 4.69) is 10.2 Å². The number of fused-ring (bicyclic) bond motifs is 1. The summed E-state index contributed by atoms with van der Waals surface area (Å²) in [7, 11) is 1.59. The molecule has 3 rings (SSSR count). The average molecular weight is 297 g/mol. The molecule has 114 valence electrons. The van der Waals surface area contributed by atoms with Crippen LogP contribution in [0.1, 0.15) is 5.56 Å². The topological polar surface area (TPSA) is 67.6 Å². The SMILES string of the molecule is COc1ccccc1NC(=O)CN1CCc2ccc(N)cc21. The van der Waals surface area contributed by atoms with Crippen LogP contribution in [-0.4, -0.2) is 26.1 Å². The number of anilines is 3. The summed E-state index contributed by atoms with van der Waals surface area (Å²) in [6.45, 7) is 1.13. The van der Waals surface area contributed by atoms with Gasteiger partial charge in [-0.2, -0.15) is 0 Å². The molecular weight excluding hydrogens is 278 g/mol. The van der Waals surface area contributed by atoms with E-state index >= 15 is 0 Å². The lowest BCUT2D eigenvalue weighted by molar-refractivity contribution is -0.115. The van der Waals surface area contributed by atoms with Gasteiger partial charge in [0.2, 0.25) is 5.91 Å². The normalized spacial score (nSPS) is 12.9. The molecule has 0 fully saturated rings. The Balaban J connectivity index is 1.70. The van der Waals surface area contributed by atoms with Gasteiger partial charge in [-0.15, -0.1) is 0 Å². The van der Waals surface area contributed by atoms with Gasteiger partial charge in [-0.25, -0.2) is 0 Å². The number of nitrogen functional groups attached to an aromatic ring is 1. The number of nitrogens with two attached hydrogens (primary N) is 1. The van der Waals surface area contributed by atoms with Crippen molar-refractivity contribution < 1.29 is 9.53 Å². The van der Waals surface area contributed by atoms with Crippen LogP contribution in [0.3, 0.4) is 0 Å². The molecule has 1 aliphatic heterocycles. The van der Waals surface area contributed by atoms with Gasteiger partial charge in [0.15, 0.2) is 0 Å². The number of carbonyl (C=O) groups excluding carboxylic acids is 1. The fraction of sp³-hybridized carbons (Fsp3) is 0.235. The van der Waals surface area contributed by atoms with E-state index < -0.39 is 0 Å². The molecule has 3 N–H and O–H groups in total. The predicted molar refractivity (Wildman–Crippen MR) is 88.4 cm³/mol. The molecule has 2 aromatic rings. The van der Waals surface area contributed by atoms with Crippen molar-refractivity contribution in [2.45, 2.75) is 6.42 Å². The minimum Gasteiger partial charge on any atom is -0.495 e. The first-order valence-electron chi connectivity index (χ1n) is 7.23. The van der Waals surface area contributed by atoms with Gasteiger partial charge in [0, 0.05) is 17.9 Å². The largest absolute Gasteiger partial charge is 0.495 e. The maximum atomic E-state index is 12.3. The monoisotopic (exact) mass is 297 g/mol. The lowest BCUT2D eigenvalue weighted by Gasteiger charge is -2.19. The molecule has 1 amide bonds. The molecule has 0 radical (unpaired) electrons. The summed E-state index contributed by atoms with van der Waals surface area (Å²) in [5, 5.41) is 2.90. The van der Waals surface area contributed by atoms with Crippen LogP contribution in [0.4, 0.5) is 17.1 Å². The molecule has 0 spiro atoms. The number of hydrogen-bond donors (Lipinski definition) is 2. The number of benzene rings is 2. The van der Waals surface area contributed by atoms with Crippen LogP contribution in [-0.2, 0) is 11.2 Å². The zero-order valence-electron chi connectivity index (χ0n) is 12.5. The molecule has 0 aliphatic carbocycles. The summed E-state index contributed by atoms with van der Waals surface area (Å²) in [4.78, 5) is 14.3. The van der Waals surface area contributed by atoms with Crippen molar-refractivity contribution in [2.24, 2.45) is 0 Å². The number of rotatable bonds is 4. The summed E-state index contributed by atoms with van der Waals surface area (Å²) in [6.07, 6.45) is 0.942. The van der Waals surface area contributed by atoms with E-state index in [4.69, 9.17) is 10.5 Å². The summed E-state index contributed by atoms with van der Waals surface area (Å²) < 4.78 is 5.24. The van der Waals surface area contributed by atoms with E-state index in [9.17, 15) is 4.79 Å². The van der Waals surface area contributed by atoms with Gasteiger partial charge in [-0.05, 0) is 36.2 Å². The Hall–Kier alpha value is -2.69. The highest BCUT2D eigenvalue weighted by atomic mass is 16.5. The number of para-hydroxylation sites is 2. The van der Waals surface area contributed by atoms with Crippen LogP contribution in [0.15, 0.2) is 42.5 Å². The molecule has 0 saturated carbocycles. The molecule has 0 unspecified atom stereocenters. The van der Waals surface area contributed by atoms with E-state index in [-0.39, 0.29) is 5.91 Å². The predicted octanol–water partition coefficient (Wildman–Crippen LogP) is 2.28. The molecule has 22 heavy (non-hydrogen) atoms. The van der Waals surface area contributed by atoms with Gasteiger partial charge in [-0.3, -0.25) is 4.79 Å². The zero-order chi connectivity index (χ0) is 15.5. The highest BCUT2D eigenvalue weighted by Gasteiger charge is 2.21. The minimum atomic E-state index is -0.0697.